The summed E-state index contributed by atoms with van der Waals surface area (Å²) in [5, 5.41) is 4.39. The first-order chi connectivity index (χ1) is 10.2. The Morgan fingerprint density at radius 2 is 2.19 bits per heavy atom. The standard InChI is InChI=1S/C16H20BrN3O/c1-21-8-7-20-16(14(17)10-19-20)15(18)13-9-12(13)11-5-3-2-4-6-11/h2-6,10,12-13,15H,7-9,18H2,1H3. The summed E-state index contributed by atoms with van der Waals surface area (Å²) in [4.78, 5) is 0. The molecule has 1 saturated carbocycles. The van der Waals surface area contributed by atoms with E-state index in [-0.39, 0.29) is 6.04 Å². The first-order valence-electron chi connectivity index (χ1n) is 7.23. The van der Waals surface area contributed by atoms with Crippen molar-refractivity contribution in [3.63, 3.8) is 0 Å². The summed E-state index contributed by atoms with van der Waals surface area (Å²) in [6.45, 7) is 1.37. The summed E-state index contributed by atoms with van der Waals surface area (Å²) in [5.41, 5.74) is 8.98. The van der Waals surface area contributed by atoms with Crippen LogP contribution in [-0.2, 0) is 11.3 Å². The Kier molecular flexibility index (Phi) is 4.42. The van der Waals surface area contributed by atoms with Gasteiger partial charge >= 0.3 is 0 Å². The third-order valence-electron chi connectivity index (χ3n) is 4.18. The van der Waals surface area contributed by atoms with Gasteiger partial charge in [0.25, 0.3) is 0 Å². The van der Waals surface area contributed by atoms with Gasteiger partial charge in [-0.3, -0.25) is 4.68 Å². The minimum atomic E-state index is 0.00365. The molecule has 0 amide bonds. The van der Waals surface area contributed by atoms with Gasteiger partial charge < -0.3 is 10.5 Å². The van der Waals surface area contributed by atoms with Crippen LogP contribution in [0.1, 0.15) is 29.6 Å². The number of rotatable bonds is 6. The maximum atomic E-state index is 6.51. The molecule has 112 valence electrons. The summed E-state index contributed by atoms with van der Waals surface area (Å²) >= 11 is 3.58. The summed E-state index contributed by atoms with van der Waals surface area (Å²) in [7, 11) is 1.70. The zero-order valence-corrected chi connectivity index (χ0v) is 13.7. The zero-order chi connectivity index (χ0) is 14.8. The number of hydrogen-bond acceptors (Lipinski definition) is 3. The van der Waals surface area contributed by atoms with Crippen molar-refractivity contribution in [2.24, 2.45) is 11.7 Å². The van der Waals surface area contributed by atoms with Crippen LogP contribution in [0.25, 0.3) is 0 Å². The Labute approximate surface area is 133 Å². The van der Waals surface area contributed by atoms with Crippen LogP contribution < -0.4 is 5.73 Å². The van der Waals surface area contributed by atoms with Gasteiger partial charge in [-0.25, -0.2) is 0 Å². The van der Waals surface area contributed by atoms with Crippen LogP contribution in [0.5, 0.6) is 0 Å². The van der Waals surface area contributed by atoms with Gasteiger partial charge in [0.1, 0.15) is 0 Å². The quantitative estimate of drug-likeness (QED) is 0.871. The minimum Gasteiger partial charge on any atom is -0.383 e. The zero-order valence-electron chi connectivity index (χ0n) is 12.1. The van der Waals surface area contributed by atoms with Crippen molar-refractivity contribution >= 4 is 15.9 Å². The summed E-state index contributed by atoms with van der Waals surface area (Å²) in [5.74, 6) is 1.06. The molecule has 21 heavy (non-hydrogen) atoms. The Balaban J connectivity index is 1.75. The van der Waals surface area contributed by atoms with Gasteiger partial charge in [0.15, 0.2) is 0 Å². The maximum Gasteiger partial charge on any atom is 0.0697 e. The molecule has 1 heterocycles. The molecule has 3 unspecified atom stereocenters. The summed E-state index contributed by atoms with van der Waals surface area (Å²) < 4.78 is 8.09. The van der Waals surface area contributed by atoms with E-state index in [1.54, 1.807) is 7.11 Å². The van der Waals surface area contributed by atoms with E-state index in [1.807, 2.05) is 10.9 Å². The SMILES string of the molecule is COCCn1ncc(Br)c1C(N)C1CC1c1ccccc1. The number of nitrogens with zero attached hydrogens (tertiary/aromatic N) is 2. The van der Waals surface area contributed by atoms with Gasteiger partial charge in [0.05, 0.1) is 35.6 Å². The molecule has 3 atom stereocenters. The lowest BCUT2D eigenvalue weighted by atomic mass is 10.0. The van der Waals surface area contributed by atoms with E-state index in [0.29, 0.717) is 18.4 Å². The Hall–Kier alpha value is -1.17. The molecule has 0 aliphatic heterocycles. The topological polar surface area (TPSA) is 53.1 Å². The fourth-order valence-electron chi connectivity index (χ4n) is 2.96. The Morgan fingerprint density at radius 3 is 2.90 bits per heavy atom. The molecule has 1 aromatic heterocycles. The lowest BCUT2D eigenvalue weighted by molar-refractivity contribution is 0.181. The first kappa shape index (κ1) is 14.8. The molecule has 1 aliphatic carbocycles. The predicted octanol–water partition coefficient (Wildman–Crippen LogP) is 3.10. The largest absolute Gasteiger partial charge is 0.383 e. The van der Waals surface area contributed by atoms with E-state index in [9.17, 15) is 0 Å². The number of methoxy groups -OCH3 is 1. The fourth-order valence-corrected chi connectivity index (χ4v) is 3.52. The second-order valence-electron chi connectivity index (χ2n) is 5.54. The van der Waals surface area contributed by atoms with Crippen molar-refractivity contribution in [2.75, 3.05) is 13.7 Å². The van der Waals surface area contributed by atoms with Crippen molar-refractivity contribution in [2.45, 2.75) is 24.9 Å². The van der Waals surface area contributed by atoms with Crippen LogP contribution in [0.2, 0.25) is 0 Å². The second kappa shape index (κ2) is 6.30. The first-order valence-corrected chi connectivity index (χ1v) is 8.02. The number of benzene rings is 1. The molecule has 2 N–H and O–H groups in total. The van der Waals surface area contributed by atoms with E-state index in [2.05, 4.69) is 51.4 Å². The Bertz CT molecular complexity index is 599. The molecule has 1 fully saturated rings. The van der Waals surface area contributed by atoms with Crippen molar-refractivity contribution in [3.8, 4) is 0 Å². The van der Waals surface area contributed by atoms with Gasteiger partial charge in [0.2, 0.25) is 0 Å². The fraction of sp³-hybridized carbons (Fsp3) is 0.438. The van der Waals surface area contributed by atoms with E-state index >= 15 is 0 Å². The molecular weight excluding hydrogens is 330 g/mol. The van der Waals surface area contributed by atoms with Crippen LogP contribution in [0, 0.1) is 5.92 Å². The molecule has 0 saturated heterocycles. The molecule has 4 nitrogen and oxygen atoms in total. The average molecular weight is 350 g/mol. The van der Waals surface area contributed by atoms with Crippen LogP contribution >= 0.6 is 15.9 Å². The van der Waals surface area contributed by atoms with Crippen molar-refractivity contribution in [1.29, 1.82) is 0 Å². The monoisotopic (exact) mass is 349 g/mol. The summed E-state index contributed by atoms with van der Waals surface area (Å²) in [6.07, 6.45) is 2.97. The Morgan fingerprint density at radius 1 is 1.43 bits per heavy atom. The molecule has 2 aromatic rings. The highest BCUT2D eigenvalue weighted by molar-refractivity contribution is 9.10. The number of hydrogen-bond donors (Lipinski definition) is 1. The highest BCUT2D eigenvalue weighted by atomic mass is 79.9. The lowest BCUT2D eigenvalue weighted by Gasteiger charge is -2.15. The van der Waals surface area contributed by atoms with Crippen LogP contribution in [0.3, 0.4) is 0 Å². The van der Waals surface area contributed by atoms with Gasteiger partial charge in [-0.05, 0) is 39.8 Å². The molecule has 5 heteroatoms. The van der Waals surface area contributed by atoms with Crippen molar-refractivity contribution < 1.29 is 4.74 Å². The van der Waals surface area contributed by atoms with Crippen LogP contribution in [0.4, 0.5) is 0 Å². The summed E-state index contributed by atoms with van der Waals surface area (Å²) in [6, 6.07) is 10.6. The second-order valence-corrected chi connectivity index (χ2v) is 6.39. The van der Waals surface area contributed by atoms with Gasteiger partial charge in [-0.2, -0.15) is 5.10 Å². The molecule has 0 bridgehead atoms. The number of aromatic nitrogens is 2. The molecule has 3 rings (SSSR count). The lowest BCUT2D eigenvalue weighted by Crippen LogP contribution is -2.20. The maximum absolute atomic E-state index is 6.51. The van der Waals surface area contributed by atoms with E-state index < -0.39 is 0 Å². The smallest absolute Gasteiger partial charge is 0.0697 e. The highest BCUT2D eigenvalue weighted by Gasteiger charge is 2.44. The van der Waals surface area contributed by atoms with E-state index in [0.717, 1.165) is 23.1 Å². The third kappa shape index (κ3) is 3.05. The molecule has 0 spiro atoms. The molecule has 0 radical (unpaired) electrons. The van der Waals surface area contributed by atoms with Crippen molar-refractivity contribution in [1.82, 2.24) is 9.78 Å². The van der Waals surface area contributed by atoms with Crippen LogP contribution in [0.15, 0.2) is 41.0 Å². The van der Waals surface area contributed by atoms with E-state index in [1.165, 1.54) is 5.56 Å². The van der Waals surface area contributed by atoms with Crippen molar-refractivity contribution in [3.05, 3.63) is 52.3 Å². The normalized spacial score (nSPS) is 22.2. The van der Waals surface area contributed by atoms with Gasteiger partial charge in [-0.15, -0.1) is 0 Å². The van der Waals surface area contributed by atoms with Gasteiger partial charge in [0, 0.05) is 7.11 Å². The number of halogens is 1. The van der Waals surface area contributed by atoms with Gasteiger partial charge in [-0.1, -0.05) is 30.3 Å². The predicted molar refractivity (Wildman–Crippen MR) is 86.0 cm³/mol. The number of ether oxygens (including phenoxy) is 1. The van der Waals surface area contributed by atoms with Crippen LogP contribution in [-0.4, -0.2) is 23.5 Å². The average Bonchev–Trinajstić information content (AvgIpc) is 3.23. The highest BCUT2D eigenvalue weighted by Crippen LogP contribution is 2.53. The molecular formula is C16H20BrN3O. The molecule has 1 aliphatic rings. The molecule has 1 aromatic carbocycles. The van der Waals surface area contributed by atoms with E-state index in [4.69, 9.17) is 10.5 Å². The third-order valence-corrected chi connectivity index (χ3v) is 4.80. The number of nitrogens with two attached hydrogens (primary N) is 1. The minimum absolute atomic E-state index is 0.00365.